The normalized spacial score (nSPS) is 15.2. The number of nitrogens with zero attached hydrogens (tertiary/aromatic N) is 3. The van der Waals surface area contributed by atoms with Gasteiger partial charge in [-0.2, -0.15) is 5.10 Å². The first-order valence-electron chi connectivity index (χ1n) is 5.99. The summed E-state index contributed by atoms with van der Waals surface area (Å²) in [4.78, 5) is 2.05. The quantitative estimate of drug-likeness (QED) is 0.754. The van der Waals surface area contributed by atoms with E-state index in [2.05, 4.69) is 25.9 Å². The van der Waals surface area contributed by atoms with Crippen LogP contribution in [0.15, 0.2) is 10.7 Å². The summed E-state index contributed by atoms with van der Waals surface area (Å²) in [6, 6.07) is 0. The predicted molar refractivity (Wildman–Crippen MR) is 75.9 cm³/mol. The lowest BCUT2D eigenvalue weighted by Gasteiger charge is -2.31. The van der Waals surface area contributed by atoms with Gasteiger partial charge in [-0.3, -0.25) is 4.68 Å². The van der Waals surface area contributed by atoms with Gasteiger partial charge in [0.1, 0.15) is 0 Å². The number of likely N-dealkylation sites (N-methyl/N-ethyl adjacent to an activating group) is 1. The molecule has 1 unspecified atom stereocenters. The maximum absolute atomic E-state index is 10.7. The van der Waals surface area contributed by atoms with Gasteiger partial charge in [0.2, 0.25) is 0 Å². The topological polar surface area (TPSA) is 59.8 Å². The van der Waals surface area contributed by atoms with Crippen LogP contribution in [0.25, 0.3) is 0 Å². The maximum Gasteiger partial charge on any atom is 0.191 e. The highest BCUT2D eigenvalue weighted by Crippen LogP contribution is 2.32. The molecule has 0 aliphatic heterocycles. The van der Waals surface area contributed by atoms with Gasteiger partial charge in [0, 0.05) is 20.8 Å². The molecule has 0 spiro atoms. The summed E-state index contributed by atoms with van der Waals surface area (Å²) in [5.74, 6) is 0. The first kappa shape index (κ1) is 16.6. The molecule has 1 aromatic heterocycles. The second-order valence-electron chi connectivity index (χ2n) is 4.82. The summed E-state index contributed by atoms with van der Waals surface area (Å²) in [5.41, 5.74) is -0.659. The van der Waals surface area contributed by atoms with Crippen LogP contribution in [0.5, 0.6) is 0 Å². The molecular formula is C12H22BrN3O3. The number of aliphatic hydroxyl groups is 1. The highest BCUT2D eigenvalue weighted by molar-refractivity contribution is 9.10. The molecule has 0 aromatic carbocycles. The van der Waals surface area contributed by atoms with Crippen molar-refractivity contribution >= 4 is 15.9 Å². The van der Waals surface area contributed by atoms with Gasteiger partial charge in [-0.05, 0) is 36.9 Å². The van der Waals surface area contributed by atoms with Crippen molar-refractivity contribution in [3.8, 4) is 0 Å². The van der Waals surface area contributed by atoms with E-state index in [0.29, 0.717) is 12.2 Å². The minimum atomic E-state index is -1.30. The van der Waals surface area contributed by atoms with Crippen LogP contribution in [-0.4, -0.2) is 60.9 Å². The molecule has 0 fully saturated rings. The van der Waals surface area contributed by atoms with Crippen LogP contribution in [0.3, 0.4) is 0 Å². The smallest absolute Gasteiger partial charge is 0.191 e. The minimum Gasteiger partial charge on any atom is -0.378 e. The molecule has 0 aliphatic rings. The Balaban J connectivity index is 3.07. The fourth-order valence-corrected chi connectivity index (χ4v) is 2.69. The van der Waals surface area contributed by atoms with E-state index in [9.17, 15) is 5.11 Å². The second-order valence-corrected chi connectivity index (χ2v) is 5.67. The van der Waals surface area contributed by atoms with Crippen LogP contribution in [-0.2, 0) is 21.6 Å². The van der Waals surface area contributed by atoms with Crippen molar-refractivity contribution < 1.29 is 14.6 Å². The Morgan fingerprint density at radius 1 is 1.47 bits per heavy atom. The summed E-state index contributed by atoms with van der Waals surface area (Å²) in [7, 11) is 6.97. The van der Waals surface area contributed by atoms with E-state index in [4.69, 9.17) is 9.47 Å². The Kier molecular flexibility index (Phi) is 5.94. The number of hydrogen-bond acceptors (Lipinski definition) is 5. The van der Waals surface area contributed by atoms with Crippen molar-refractivity contribution in [2.75, 3.05) is 34.9 Å². The van der Waals surface area contributed by atoms with Crippen LogP contribution < -0.4 is 0 Å². The van der Waals surface area contributed by atoms with Crippen molar-refractivity contribution in [2.45, 2.75) is 25.4 Å². The van der Waals surface area contributed by atoms with Gasteiger partial charge in [0.05, 0.1) is 22.9 Å². The summed E-state index contributed by atoms with van der Waals surface area (Å²) in [6.07, 6.45) is 0.903. The first-order chi connectivity index (χ1) is 8.84. The molecule has 6 nitrogen and oxygen atoms in total. The molecule has 0 saturated carbocycles. The van der Waals surface area contributed by atoms with E-state index in [1.165, 1.54) is 14.2 Å². The highest BCUT2D eigenvalue weighted by Gasteiger charge is 2.39. The fourth-order valence-electron chi connectivity index (χ4n) is 2.00. The van der Waals surface area contributed by atoms with Crippen molar-refractivity contribution in [1.29, 1.82) is 0 Å². The van der Waals surface area contributed by atoms with Gasteiger partial charge in [0.25, 0.3) is 0 Å². The number of hydrogen-bond donors (Lipinski definition) is 1. The molecule has 7 heteroatoms. The standard InChI is InChI=1S/C12H22BrN3O3/c1-12(17,11(18-4)19-5)10-9(13)8-14-16(10)7-6-15(2)3/h8,11,17H,6-7H2,1-5H3. The third-order valence-corrected chi connectivity index (χ3v) is 3.50. The lowest BCUT2D eigenvalue weighted by Crippen LogP contribution is -2.41. The zero-order valence-electron chi connectivity index (χ0n) is 12.1. The van der Waals surface area contributed by atoms with Crippen LogP contribution >= 0.6 is 15.9 Å². The van der Waals surface area contributed by atoms with Gasteiger partial charge in [0.15, 0.2) is 11.9 Å². The van der Waals surface area contributed by atoms with Crippen LogP contribution in [0.2, 0.25) is 0 Å². The number of methoxy groups -OCH3 is 2. The Hall–Kier alpha value is -0.470. The number of aromatic nitrogens is 2. The molecule has 1 aromatic rings. The average Bonchev–Trinajstić information content (AvgIpc) is 2.69. The Morgan fingerprint density at radius 2 is 2.05 bits per heavy atom. The minimum absolute atomic E-state index is 0.642. The second kappa shape index (κ2) is 6.81. The Labute approximate surface area is 122 Å². The van der Waals surface area contributed by atoms with Gasteiger partial charge >= 0.3 is 0 Å². The largest absolute Gasteiger partial charge is 0.378 e. The van der Waals surface area contributed by atoms with E-state index in [-0.39, 0.29) is 0 Å². The molecule has 0 amide bonds. The monoisotopic (exact) mass is 335 g/mol. The van der Waals surface area contributed by atoms with E-state index >= 15 is 0 Å². The molecule has 1 rings (SSSR count). The third-order valence-electron chi connectivity index (χ3n) is 2.92. The third kappa shape index (κ3) is 3.76. The lowest BCUT2D eigenvalue weighted by molar-refractivity contribution is -0.215. The summed E-state index contributed by atoms with van der Waals surface area (Å²) < 4.78 is 12.8. The molecule has 1 heterocycles. The zero-order valence-corrected chi connectivity index (χ0v) is 13.6. The van der Waals surface area contributed by atoms with Crippen molar-refractivity contribution in [1.82, 2.24) is 14.7 Å². The fraction of sp³-hybridized carbons (Fsp3) is 0.750. The Bertz CT molecular complexity index is 403. The predicted octanol–water partition coefficient (Wildman–Crippen LogP) is 1.03. The van der Waals surface area contributed by atoms with Gasteiger partial charge in [-0.15, -0.1) is 0 Å². The van der Waals surface area contributed by atoms with Crippen molar-refractivity contribution in [3.63, 3.8) is 0 Å². The molecule has 19 heavy (non-hydrogen) atoms. The summed E-state index contributed by atoms with van der Waals surface area (Å²) in [5, 5.41) is 15.0. The molecule has 110 valence electrons. The van der Waals surface area contributed by atoms with E-state index < -0.39 is 11.9 Å². The number of ether oxygens (including phenoxy) is 2. The van der Waals surface area contributed by atoms with Gasteiger partial charge < -0.3 is 19.5 Å². The van der Waals surface area contributed by atoms with Crippen molar-refractivity contribution in [2.24, 2.45) is 0 Å². The molecule has 0 aliphatic carbocycles. The number of rotatable bonds is 7. The molecule has 0 radical (unpaired) electrons. The van der Waals surface area contributed by atoms with E-state index in [0.717, 1.165) is 11.0 Å². The zero-order chi connectivity index (χ0) is 14.6. The van der Waals surface area contributed by atoms with E-state index in [1.807, 2.05) is 14.1 Å². The number of halogens is 1. The molecule has 0 bridgehead atoms. The van der Waals surface area contributed by atoms with Crippen LogP contribution in [0.4, 0.5) is 0 Å². The highest BCUT2D eigenvalue weighted by atomic mass is 79.9. The van der Waals surface area contributed by atoms with Gasteiger partial charge in [-0.25, -0.2) is 0 Å². The molecular weight excluding hydrogens is 314 g/mol. The Morgan fingerprint density at radius 3 is 2.53 bits per heavy atom. The average molecular weight is 336 g/mol. The first-order valence-corrected chi connectivity index (χ1v) is 6.78. The molecule has 1 N–H and O–H groups in total. The summed E-state index contributed by atoms with van der Waals surface area (Å²) >= 11 is 3.42. The van der Waals surface area contributed by atoms with Crippen LogP contribution in [0.1, 0.15) is 12.6 Å². The molecule has 0 saturated heterocycles. The molecule has 1 atom stereocenters. The SMILES string of the molecule is COC(OC)C(C)(O)c1c(Br)cnn1CCN(C)C. The van der Waals surface area contributed by atoms with Gasteiger partial charge in [-0.1, -0.05) is 0 Å². The maximum atomic E-state index is 10.7. The lowest BCUT2D eigenvalue weighted by atomic mass is 10.0. The van der Waals surface area contributed by atoms with Crippen LogP contribution in [0, 0.1) is 0 Å². The van der Waals surface area contributed by atoms with E-state index in [1.54, 1.807) is 17.8 Å². The summed E-state index contributed by atoms with van der Waals surface area (Å²) in [6.45, 7) is 3.14. The van der Waals surface area contributed by atoms with Crippen molar-refractivity contribution in [3.05, 3.63) is 16.4 Å².